The van der Waals surface area contributed by atoms with E-state index in [1.165, 1.54) is 19.5 Å². The van der Waals surface area contributed by atoms with Crippen molar-refractivity contribution in [2.75, 3.05) is 17.7 Å². The predicted molar refractivity (Wildman–Crippen MR) is 107 cm³/mol. The molecule has 0 atom stereocenters. The van der Waals surface area contributed by atoms with Crippen molar-refractivity contribution in [3.63, 3.8) is 0 Å². The molecule has 0 radical (unpaired) electrons. The van der Waals surface area contributed by atoms with E-state index in [2.05, 4.69) is 20.6 Å². The zero-order chi connectivity index (χ0) is 20.1. The van der Waals surface area contributed by atoms with E-state index in [0.717, 1.165) is 5.56 Å². The Morgan fingerprint density at radius 3 is 2.68 bits per heavy atom. The molecular weight excluding hydrogens is 380 g/mol. The molecule has 1 heterocycles. The van der Waals surface area contributed by atoms with Crippen LogP contribution in [0.5, 0.6) is 0 Å². The summed E-state index contributed by atoms with van der Waals surface area (Å²) in [5.41, 5.74) is 2.69. The maximum atomic E-state index is 12.5. The van der Waals surface area contributed by atoms with E-state index < -0.39 is 5.97 Å². The lowest BCUT2D eigenvalue weighted by molar-refractivity contribution is 0.0600. The Bertz CT molecular complexity index is 1040. The van der Waals surface area contributed by atoms with Gasteiger partial charge < -0.3 is 15.4 Å². The topological polar surface area (TPSA) is 93.2 Å². The van der Waals surface area contributed by atoms with Crippen molar-refractivity contribution in [1.29, 1.82) is 0 Å². The fourth-order valence-corrected chi connectivity index (χ4v) is 2.63. The molecule has 0 bridgehead atoms. The Labute approximate surface area is 166 Å². The minimum absolute atomic E-state index is 0.181. The third-order valence-corrected chi connectivity index (χ3v) is 4.14. The number of benzene rings is 2. The van der Waals surface area contributed by atoms with Crippen molar-refractivity contribution in [2.24, 2.45) is 0 Å². The number of amides is 1. The number of carbonyl (C=O) groups is 2. The number of aromatic nitrogens is 2. The van der Waals surface area contributed by atoms with Gasteiger partial charge in [-0.3, -0.25) is 4.79 Å². The molecule has 0 aliphatic rings. The number of anilines is 3. The average Bonchev–Trinajstić information content (AvgIpc) is 2.70. The van der Waals surface area contributed by atoms with Gasteiger partial charge in [0.05, 0.1) is 12.7 Å². The Hall–Kier alpha value is -3.45. The van der Waals surface area contributed by atoms with Gasteiger partial charge in [0.15, 0.2) is 0 Å². The molecular formula is C20H17ClN4O3. The van der Waals surface area contributed by atoms with E-state index in [1.807, 2.05) is 13.0 Å². The van der Waals surface area contributed by atoms with Crippen LogP contribution in [0, 0.1) is 6.92 Å². The molecule has 3 rings (SSSR count). The monoisotopic (exact) mass is 396 g/mol. The van der Waals surface area contributed by atoms with Crippen LogP contribution in [0.2, 0.25) is 5.02 Å². The zero-order valence-corrected chi connectivity index (χ0v) is 15.9. The molecule has 1 aromatic heterocycles. The lowest BCUT2D eigenvalue weighted by Gasteiger charge is -2.10. The maximum absolute atomic E-state index is 12.5. The summed E-state index contributed by atoms with van der Waals surface area (Å²) in [6.07, 6.45) is 1.28. The van der Waals surface area contributed by atoms with Crippen LogP contribution in [0.3, 0.4) is 0 Å². The molecule has 0 unspecified atom stereocenters. The standard InChI is InChI=1S/C20H17ClN4O3/c1-12-6-7-14(21)9-16(12)25-19(26)17-10-18(23-11-22-17)24-15-5-3-4-13(8-15)20(27)28-2/h3-11H,1-2H3,(H,25,26)(H,22,23,24). The highest BCUT2D eigenvalue weighted by molar-refractivity contribution is 6.31. The molecule has 0 fully saturated rings. The number of methoxy groups -OCH3 is 1. The number of ether oxygens (including phenoxy) is 1. The van der Waals surface area contributed by atoms with Gasteiger partial charge >= 0.3 is 5.97 Å². The molecule has 0 aliphatic heterocycles. The van der Waals surface area contributed by atoms with Crippen LogP contribution in [0.1, 0.15) is 26.4 Å². The second kappa shape index (κ2) is 8.49. The van der Waals surface area contributed by atoms with Crippen LogP contribution >= 0.6 is 11.6 Å². The Kier molecular flexibility index (Phi) is 5.86. The number of aryl methyl sites for hydroxylation is 1. The third-order valence-electron chi connectivity index (χ3n) is 3.90. The van der Waals surface area contributed by atoms with Gasteiger partial charge in [-0.1, -0.05) is 23.7 Å². The normalized spacial score (nSPS) is 10.2. The summed E-state index contributed by atoms with van der Waals surface area (Å²) in [5, 5.41) is 6.35. The summed E-state index contributed by atoms with van der Waals surface area (Å²) >= 11 is 5.99. The molecule has 0 saturated heterocycles. The first-order chi connectivity index (χ1) is 13.5. The van der Waals surface area contributed by atoms with Crippen molar-refractivity contribution >= 4 is 40.7 Å². The Morgan fingerprint density at radius 1 is 1.07 bits per heavy atom. The first kappa shape index (κ1) is 19.3. The number of halogens is 1. The quantitative estimate of drug-likeness (QED) is 0.627. The largest absolute Gasteiger partial charge is 0.465 e. The van der Waals surface area contributed by atoms with Gasteiger partial charge in [0, 0.05) is 22.5 Å². The molecule has 2 aromatic carbocycles. The lowest BCUT2D eigenvalue weighted by Crippen LogP contribution is -2.15. The second-order valence-electron chi connectivity index (χ2n) is 5.90. The predicted octanol–water partition coefficient (Wildman–Crippen LogP) is 4.22. The lowest BCUT2D eigenvalue weighted by atomic mass is 10.2. The van der Waals surface area contributed by atoms with Crippen LogP contribution in [-0.4, -0.2) is 29.0 Å². The Balaban J connectivity index is 1.78. The number of carbonyl (C=O) groups excluding carboxylic acids is 2. The molecule has 142 valence electrons. The SMILES string of the molecule is COC(=O)c1cccc(Nc2cc(C(=O)Nc3cc(Cl)ccc3C)ncn2)c1. The van der Waals surface area contributed by atoms with Crippen molar-refractivity contribution in [3.8, 4) is 0 Å². The van der Waals surface area contributed by atoms with Gasteiger partial charge in [-0.05, 0) is 42.8 Å². The van der Waals surface area contributed by atoms with E-state index in [0.29, 0.717) is 27.8 Å². The summed E-state index contributed by atoms with van der Waals surface area (Å²) in [5.74, 6) is -0.424. The summed E-state index contributed by atoms with van der Waals surface area (Å²) in [6, 6.07) is 13.5. The third kappa shape index (κ3) is 4.63. The van der Waals surface area contributed by atoms with Crippen LogP contribution < -0.4 is 10.6 Å². The summed E-state index contributed by atoms with van der Waals surface area (Å²) in [7, 11) is 1.32. The number of rotatable bonds is 5. The molecule has 0 aliphatic carbocycles. The zero-order valence-electron chi connectivity index (χ0n) is 15.2. The smallest absolute Gasteiger partial charge is 0.337 e. The first-order valence-electron chi connectivity index (χ1n) is 8.31. The average molecular weight is 397 g/mol. The number of hydrogen-bond donors (Lipinski definition) is 2. The molecule has 28 heavy (non-hydrogen) atoms. The molecule has 2 N–H and O–H groups in total. The van der Waals surface area contributed by atoms with E-state index in [4.69, 9.17) is 16.3 Å². The van der Waals surface area contributed by atoms with Crippen molar-refractivity contribution in [1.82, 2.24) is 9.97 Å². The minimum atomic E-state index is -0.441. The van der Waals surface area contributed by atoms with Gasteiger partial charge in [-0.25, -0.2) is 14.8 Å². The van der Waals surface area contributed by atoms with Gasteiger partial charge in [-0.15, -0.1) is 0 Å². The fraction of sp³-hybridized carbons (Fsp3) is 0.100. The van der Waals surface area contributed by atoms with Crippen molar-refractivity contribution in [2.45, 2.75) is 6.92 Å². The van der Waals surface area contributed by atoms with Crippen LogP contribution in [-0.2, 0) is 4.74 Å². The van der Waals surface area contributed by atoms with Gasteiger partial charge in [0.1, 0.15) is 17.8 Å². The van der Waals surface area contributed by atoms with E-state index >= 15 is 0 Å². The second-order valence-corrected chi connectivity index (χ2v) is 6.34. The highest BCUT2D eigenvalue weighted by atomic mass is 35.5. The number of esters is 1. The molecule has 3 aromatic rings. The van der Waals surface area contributed by atoms with E-state index in [9.17, 15) is 9.59 Å². The Morgan fingerprint density at radius 2 is 1.89 bits per heavy atom. The van der Waals surface area contributed by atoms with E-state index in [1.54, 1.807) is 36.4 Å². The number of nitrogens with zero attached hydrogens (tertiary/aromatic N) is 2. The van der Waals surface area contributed by atoms with Gasteiger partial charge in [0.25, 0.3) is 5.91 Å². The summed E-state index contributed by atoms with van der Waals surface area (Å²) < 4.78 is 4.71. The number of nitrogens with one attached hydrogen (secondary N) is 2. The van der Waals surface area contributed by atoms with Gasteiger partial charge in [-0.2, -0.15) is 0 Å². The molecule has 0 saturated carbocycles. The highest BCUT2D eigenvalue weighted by Gasteiger charge is 2.12. The first-order valence-corrected chi connectivity index (χ1v) is 8.69. The highest BCUT2D eigenvalue weighted by Crippen LogP contribution is 2.21. The van der Waals surface area contributed by atoms with Crippen LogP contribution in [0.25, 0.3) is 0 Å². The van der Waals surface area contributed by atoms with E-state index in [-0.39, 0.29) is 11.6 Å². The number of hydrogen-bond acceptors (Lipinski definition) is 6. The minimum Gasteiger partial charge on any atom is -0.465 e. The van der Waals surface area contributed by atoms with Crippen molar-refractivity contribution in [3.05, 3.63) is 76.7 Å². The summed E-state index contributed by atoms with van der Waals surface area (Å²) in [4.78, 5) is 32.3. The fourth-order valence-electron chi connectivity index (χ4n) is 2.45. The molecule has 7 nitrogen and oxygen atoms in total. The van der Waals surface area contributed by atoms with Crippen molar-refractivity contribution < 1.29 is 14.3 Å². The van der Waals surface area contributed by atoms with Crippen LogP contribution in [0.4, 0.5) is 17.2 Å². The molecule has 8 heteroatoms. The van der Waals surface area contributed by atoms with Crippen LogP contribution in [0.15, 0.2) is 54.9 Å². The molecule has 0 spiro atoms. The maximum Gasteiger partial charge on any atom is 0.337 e. The van der Waals surface area contributed by atoms with Gasteiger partial charge in [0.2, 0.25) is 0 Å². The summed E-state index contributed by atoms with van der Waals surface area (Å²) in [6.45, 7) is 1.87. The molecule has 1 amide bonds.